The van der Waals surface area contributed by atoms with Gasteiger partial charge in [0.2, 0.25) is 0 Å². The van der Waals surface area contributed by atoms with Gasteiger partial charge in [-0.05, 0) is 12.8 Å². The van der Waals surface area contributed by atoms with Gasteiger partial charge in [-0.2, -0.15) is 47.0 Å². The molecule has 1 aliphatic heterocycles. The molecule has 0 radical (unpaired) electrons. The molecule has 2 atom stereocenters. The third-order valence-electron chi connectivity index (χ3n) is 3.63. The van der Waals surface area contributed by atoms with E-state index in [9.17, 15) is 0 Å². The Morgan fingerprint density at radius 1 is 0.500 bits per heavy atom. The summed E-state index contributed by atoms with van der Waals surface area (Å²) in [5, 5.41) is 1.92. The molecular formula is C14H26S4. The lowest BCUT2D eigenvalue weighted by Crippen LogP contribution is -2.23. The van der Waals surface area contributed by atoms with Crippen molar-refractivity contribution in [3.63, 3.8) is 0 Å². The second-order valence-electron chi connectivity index (χ2n) is 5.03. The van der Waals surface area contributed by atoms with E-state index < -0.39 is 0 Å². The van der Waals surface area contributed by atoms with Crippen LogP contribution in [0, 0.1) is 0 Å². The minimum atomic E-state index is 0.959. The molecule has 0 aromatic heterocycles. The maximum atomic E-state index is 2.29. The first-order valence-corrected chi connectivity index (χ1v) is 11.8. The van der Waals surface area contributed by atoms with Crippen molar-refractivity contribution in [1.29, 1.82) is 0 Å². The summed E-state index contributed by atoms with van der Waals surface area (Å²) in [5.41, 5.74) is 0. The standard InChI is InChI=1S/C14H26S4/c1-2-4-6-14-13(5-3-1)17-11-9-15-7-8-16-10-12-18-14/h13-14H,1-12H2/t13-,14+. The molecule has 1 saturated carbocycles. The minimum absolute atomic E-state index is 0.959. The molecular weight excluding hydrogens is 296 g/mol. The van der Waals surface area contributed by atoms with Crippen molar-refractivity contribution >= 4 is 47.0 Å². The van der Waals surface area contributed by atoms with Gasteiger partial charge in [-0.3, -0.25) is 0 Å². The van der Waals surface area contributed by atoms with E-state index >= 15 is 0 Å². The lowest BCUT2D eigenvalue weighted by Gasteiger charge is -2.29. The molecule has 1 saturated heterocycles. The van der Waals surface area contributed by atoms with E-state index in [0.717, 1.165) is 10.5 Å². The first-order valence-electron chi connectivity index (χ1n) is 7.35. The molecule has 0 unspecified atom stereocenters. The van der Waals surface area contributed by atoms with E-state index in [1.807, 2.05) is 0 Å². The zero-order chi connectivity index (χ0) is 12.5. The highest BCUT2D eigenvalue weighted by molar-refractivity contribution is 8.07. The third kappa shape index (κ3) is 6.23. The van der Waals surface area contributed by atoms with Crippen LogP contribution in [-0.2, 0) is 0 Å². The van der Waals surface area contributed by atoms with Crippen molar-refractivity contribution in [3.05, 3.63) is 0 Å². The fourth-order valence-corrected chi connectivity index (χ4v) is 8.15. The monoisotopic (exact) mass is 322 g/mol. The molecule has 0 spiro atoms. The first-order chi connectivity index (χ1) is 8.97. The second kappa shape index (κ2) is 10.2. The highest BCUT2D eigenvalue weighted by Gasteiger charge is 2.23. The Hall–Kier alpha value is 1.40. The predicted octanol–water partition coefficient (Wildman–Crippen LogP) is 5.02. The van der Waals surface area contributed by atoms with Crippen LogP contribution in [0.3, 0.4) is 0 Å². The average Bonchev–Trinajstić information content (AvgIpc) is 2.34. The largest absolute Gasteiger partial charge is 0.160 e. The molecule has 2 aliphatic rings. The SMILES string of the molecule is C1CCC[C@H]2SCCSCCSCCS[C@H]2CC1. The van der Waals surface area contributed by atoms with Crippen LogP contribution in [-0.4, -0.2) is 45.0 Å². The summed E-state index contributed by atoms with van der Waals surface area (Å²) in [6, 6.07) is 0. The van der Waals surface area contributed by atoms with Crippen molar-refractivity contribution in [2.75, 3.05) is 34.5 Å². The molecule has 2 fully saturated rings. The van der Waals surface area contributed by atoms with Crippen LogP contribution in [0.15, 0.2) is 0 Å². The molecule has 18 heavy (non-hydrogen) atoms. The van der Waals surface area contributed by atoms with Crippen LogP contribution in [0.25, 0.3) is 0 Å². The normalized spacial score (nSPS) is 33.3. The Balaban J connectivity index is 1.84. The van der Waals surface area contributed by atoms with Crippen LogP contribution in [0.2, 0.25) is 0 Å². The van der Waals surface area contributed by atoms with E-state index in [-0.39, 0.29) is 0 Å². The van der Waals surface area contributed by atoms with Gasteiger partial charge in [0.25, 0.3) is 0 Å². The number of rotatable bonds is 0. The van der Waals surface area contributed by atoms with Crippen molar-refractivity contribution < 1.29 is 0 Å². The molecule has 0 bridgehead atoms. The van der Waals surface area contributed by atoms with E-state index in [4.69, 9.17) is 0 Å². The summed E-state index contributed by atoms with van der Waals surface area (Å²) in [6.07, 6.45) is 8.91. The van der Waals surface area contributed by atoms with Gasteiger partial charge in [-0.1, -0.05) is 25.7 Å². The number of thioether (sulfide) groups is 4. The predicted molar refractivity (Wildman–Crippen MR) is 94.8 cm³/mol. The van der Waals surface area contributed by atoms with Crippen LogP contribution in [0.1, 0.15) is 38.5 Å². The Morgan fingerprint density at radius 3 is 1.44 bits per heavy atom. The molecule has 0 nitrogen and oxygen atoms in total. The maximum Gasteiger partial charge on any atom is 0.0166 e. The van der Waals surface area contributed by atoms with Gasteiger partial charge < -0.3 is 0 Å². The number of hydrogen-bond acceptors (Lipinski definition) is 4. The average molecular weight is 323 g/mol. The molecule has 2 rings (SSSR count). The second-order valence-corrected chi connectivity index (χ2v) is 10.2. The van der Waals surface area contributed by atoms with E-state index in [1.165, 1.54) is 73.0 Å². The topological polar surface area (TPSA) is 0 Å². The Kier molecular flexibility index (Phi) is 8.92. The molecule has 4 heteroatoms. The summed E-state index contributed by atoms with van der Waals surface area (Å²) in [5.74, 6) is 8.25. The Morgan fingerprint density at radius 2 is 0.944 bits per heavy atom. The molecule has 0 N–H and O–H groups in total. The molecule has 1 aliphatic carbocycles. The lowest BCUT2D eigenvalue weighted by atomic mass is 10.00. The smallest absolute Gasteiger partial charge is 0.0166 e. The Bertz CT molecular complexity index is 188. The molecule has 1 heterocycles. The fraction of sp³-hybridized carbons (Fsp3) is 1.00. The van der Waals surface area contributed by atoms with Crippen LogP contribution in [0.5, 0.6) is 0 Å². The Labute approximate surface area is 130 Å². The summed E-state index contributed by atoms with van der Waals surface area (Å²) in [6.45, 7) is 0. The van der Waals surface area contributed by atoms with Crippen molar-refractivity contribution in [2.24, 2.45) is 0 Å². The zero-order valence-electron chi connectivity index (χ0n) is 11.3. The highest BCUT2D eigenvalue weighted by atomic mass is 32.2. The van der Waals surface area contributed by atoms with Gasteiger partial charge in [0, 0.05) is 45.0 Å². The first kappa shape index (κ1) is 15.8. The van der Waals surface area contributed by atoms with Gasteiger partial charge in [0.15, 0.2) is 0 Å². The quantitative estimate of drug-likeness (QED) is 0.613. The highest BCUT2D eigenvalue weighted by Crippen LogP contribution is 2.35. The van der Waals surface area contributed by atoms with Crippen molar-refractivity contribution in [2.45, 2.75) is 49.0 Å². The molecule has 0 aromatic rings. The number of hydrogen-bond donors (Lipinski definition) is 0. The summed E-state index contributed by atoms with van der Waals surface area (Å²) in [4.78, 5) is 0. The van der Waals surface area contributed by atoms with Gasteiger partial charge >= 0.3 is 0 Å². The van der Waals surface area contributed by atoms with Gasteiger partial charge in [0.05, 0.1) is 0 Å². The zero-order valence-corrected chi connectivity index (χ0v) is 14.5. The van der Waals surface area contributed by atoms with Gasteiger partial charge in [-0.25, -0.2) is 0 Å². The van der Waals surface area contributed by atoms with E-state index in [1.54, 1.807) is 0 Å². The van der Waals surface area contributed by atoms with Crippen LogP contribution in [0.4, 0.5) is 0 Å². The summed E-state index contributed by atoms with van der Waals surface area (Å²) in [7, 11) is 0. The van der Waals surface area contributed by atoms with E-state index in [2.05, 4.69) is 47.0 Å². The molecule has 0 aromatic carbocycles. The summed E-state index contributed by atoms with van der Waals surface area (Å²) < 4.78 is 0. The number of fused-ring (bicyclic) bond motifs is 1. The van der Waals surface area contributed by atoms with Gasteiger partial charge in [0.1, 0.15) is 0 Å². The van der Waals surface area contributed by atoms with E-state index in [0.29, 0.717) is 0 Å². The van der Waals surface area contributed by atoms with Crippen molar-refractivity contribution in [1.82, 2.24) is 0 Å². The minimum Gasteiger partial charge on any atom is -0.160 e. The van der Waals surface area contributed by atoms with Crippen molar-refractivity contribution in [3.8, 4) is 0 Å². The van der Waals surface area contributed by atoms with Crippen LogP contribution < -0.4 is 0 Å². The van der Waals surface area contributed by atoms with Crippen LogP contribution >= 0.6 is 47.0 Å². The molecule has 0 amide bonds. The lowest BCUT2D eigenvalue weighted by molar-refractivity contribution is 0.521. The maximum absolute atomic E-state index is 2.29. The molecule has 106 valence electrons. The third-order valence-corrected chi connectivity index (χ3v) is 9.42. The fourth-order valence-electron chi connectivity index (χ4n) is 2.64. The van der Waals surface area contributed by atoms with Gasteiger partial charge in [-0.15, -0.1) is 0 Å². The summed E-state index contributed by atoms with van der Waals surface area (Å²) >= 11 is 8.92.